The van der Waals surface area contributed by atoms with E-state index in [1.807, 2.05) is 54.6 Å². The Morgan fingerprint density at radius 2 is 1.61 bits per heavy atom. The highest BCUT2D eigenvalue weighted by molar-refractivity contribution is 9.10. The minimum Gasteiger partial charge on any atom is -0.229 e. The number of para-hydroxylation sites is 1. The molecule has 0 N–H and O–H groups in total. The van der Waals surface area contributed by atoms with E-state index in [2.05, 4.69) is 25.3 Å². The molecule has 3 aromatic carbocycles. The summed E-state index contributed by atoms with van der Waals surface area (Å²) in [7, 11) is -3.85. The number of hydrogen-bond acceptors (Lipinski definition) is 5. The standard InChI is InChI=1S/C20H13BrN2O2S3/c21-15-10-12-16(13-11-15)28(24,25)23-19(14-6-2-1-3-7-14)27-20-22-17-8-4-5-9-18(17)26-20/h1-13H/b23-19-. The largest absolute Gasteiger partial charge is 0.283 e. The van der Waals surface area contributed by atoms with Crippen LogP contribution < -0.4 is 0 Å². The van der Waals surface area contributed by atoms with Crippen LogP contribution in [-0.4, -0.2) is 18.4 Å². The molecule has 140 valence electrons. The molecule has 0 bridgehead atoms. The Balaban J connectivity index is 1.77. The van der Waals surface area contributed by atoms with Gasteiger partial charge in [0.15, 0.2) is 4.34 Å². The number of rotatable bonds is 4. The van der Waals surface area contributed by atoms with Gasteiger partial charge in [0.1, 0.15) is 5.04 Å². The van der Waals surface area contributed by atoms with Crippen LogP contribution in [0.4, 0.5) is 0 Å². The number of hydrogen-bond donors (Lipinski definition) is 0. The molecule has 0 fully saturated rings. The van der Waals surface area contributed by atoms with Gasteiger partial charge in [-0.15, -0.1) is 11.3 Å². The quantitative estimate of drug-likeness (QED) is 0.201. The van der Waals surface area contributed by atoms with Gasteiger partial charge in [0, 0.05) is 10.0 Å². The summed E-state index contributed by atoms with van der Waals surface area (Å²) in [6, 6.07) is 23.5. The Bertz CT molecular complexity index is 1220. The Kier molecular flexibility index (Phi) is 5.63. The van der Waals surface area contributed by atoms with Crippen LogP contribution >= 0.6 is 39.0 Å². The van der Waals surface area contributed by atoms with Crippen LogP contribution in [0, 0.1) is 0 Å². The van der Waals surface area contributed by atoms with Crippen molar-refractivity contribution in [1.82, 2.24) is 4.98 Å². The minimum atomic E-state index is -3.85. The van der Waals surface area contributed by atoms with Crippen LogP contribution in [0.25, 0.3) is 10.2 Å². The van der Waals surface area contributed by atoms with E-state index >= 15 is 0 Å². The van der Waals surface area contributed by atoms with Crippen LogP contribution in [0.1, 0.15) is 5.56 Å². The zero-order valence-electron chi connectivity index (χ0n) is 14.3. The number of thioether (sulfide) groups is 1. The van der Waals surface area contributed by atoms with Crippen LogP contribution in [-0.2, 0) is 10.0 Å². The van der Waals surface area contributed by atoms with Gasteiger partial charge in [-0.1, -0.05) is 58.4 Å². The minimum absolute atomic E-state index is 0.147. The number of nitrogens with zero attached hydrogens (tertiary/aromatic N) is 2. The van der Waals surface area contributed by atoms with Gasteiger partial charge in [-0.25, -0.2) is 4.98 Å². The van der Waals surface area contributed by atoms with Gasteiger partial charge in [0.2, 0.25) is 0 Å². The maximum absolute atomic E-state index is 12.9. The predicted molar refractivity (Wildman–Crippen MR) is 120 cm³/mol. The summed E-state index contributed by atoms with van der Waals surface area (Å²) < 4.78 is 32.5. The highest BCUT2D eigenvalue weighted by Gasteiger charge is 2.18. The zero-order valence-corrected chi connectivity index (χ0v) is 18.4. The summed E-state index contributed by atoms with van der Waals surface area (Å²) in [5.41, 5.74) is 1.62. The number of aromatic nitrogens is 1. The maximum Gasteiger partial charge on any atom is 0.283 e. The number of sulfonamides is 1. The third-order valence-corrected chi connectivity index (χ3v) is 7.85. The first-order chi connectivity index (χ1) is 13.5. The Hall–Kier alpha value is -2.00. The Morgan fingerprint density at radius 1 is 0.929 bits per heavy atom. The molecule has 0 unspecified atom stereocenters. The van der Waals surface area contributed by atoms with E-state index in [4.69, 9.17) is 0 Å². The van der Waals surface area contributed by atoms with E-state index in [1.165, 1.54) is 35.2 Å². The molecular weight excluding hydrogens is 476 g/mol. The SMILES string of the molecule is O=S(=O)(/N=C(\Sc1nc2ccccc2s1)c1ccccc1)c1ccc(Br)cc1. The lowest BCUT2D eigenvalue weighted by Crippen LogP contribution is -2.03. The Labute approximate surface area is 179 Å². The van der Waals surface area contributed by atoms with Gasteiger partial charge in [0.05, 0.1) is 15.1 Å². The highest BCUT2D eigenvalue weighted by atomic mass is 79.9. The van der Waals surface area contributed by atoms with Crippen molar-refractivity contribution in [3.05, 3.63) is 88.9 Å². The van der Waals surface area contributed by atoms with Crippen LogP contribution in [0.3, 0.4) is 0 Å². The lowest BCUT2D eigenvalue weighted by atomic mass is 10.2. The smallest absolute Gasteiger partial charge is 0.229 e. The summed E-state index contributed by atoms with van der Waals surface area (Å²) >= 11 is 6.09. The topological polar surface area (TPSA) is 59.4 Å². The molecule has 4 aromatic rings. The van der Waals surface area contributed by atoms with E-state index < -0.39 is 10.0 Å². The van der Waals surface area contributed by atoms with Gasteiger partial charge in [-0.05, 0) is 48.2 Å². The fourth-order valence-electron chi connectivity index (χ4n) is 2.46. The molecule has 0 aliphatic carbocycles. The molecule has 28 heavy (non-hydrogen) atoms. The molecule has 4 nitrogen and oxygen atoms in total. The number of benzene rings is 3. The van der Waals surface area contributed by atoms with Crippen molar-refractivity contribution in [3.8, 4) is 0 Å². The predicted octanol–water partition coefficient (Wildman–Crippen LogP) is 5.99. The molecule has 0 radical (unpaired) electrons. The Morgan fingerprint density at radius 3 is 2.32 bits per heavy atom. The molecule has 1 heterocycles. The van der Waals surface area contributed by atoms with Crippen molar-refractivity contribution in [2.24, 2.45) is 4.40 Å². The van der Waals surface area contributed by atoms with Crippen molar-refractivity contribution >= 4 is 64.3 Å². The van der Waals surface area contributed by atoms with Crippen LogP contribution in [0.5, 0.6) is 0 Å². The van der Waals surface area contributed by atoms with Crippen molar-refractivity contribution in [3.63, 3.8) is 0 Å². The first-order valence-corrected chi connectivity index (χ1v) is 12.1. The van der Waals surface area contributed by atoms with Gasteiger partial charge >= 0.3 is 0 Å². The first-order valence-electron chi connectivity index (χ1n) is 8.21. The summed E-state index contributed by atoms with van der Waals surface area (Å²) in [5, 5.41) is 0.391. The van der Waals surface area contributed by atoms with Gasteiger partial charge in [-0.3, -0.25) is 0 Å². The third kappa shape index (κ3) is 4.35. The molecule has 0 saturated heterocycles. The van der Waals surface area contributed by atoms with E-state index in [0.29, 0.717) is 5.04 Å². The molecule has 0 atom stereocenters. The molecule has 0 spiro atoms. The van der Waals surface area contributed by atoms with Crippen molar-refractivity contribution in [2.75, 3.05) is 0 Å². The number of thiazole rings is 1. The third-order valence-electron chi connectivity index (χ3n) is 3.79. The molecule has 0 aliphatic heterocycles. The lowest BCUT2D eigenvalue weighted by Gasteiger charge is -2.06. The molecular formula is C20H13BrN2O2S3. The molecule has 1 aromatic heterocycles. The average molecular weight is 489 g/mol. The fourth-order valence-corrected chi connectivity index (χ4v) is 6.01. The lowest BCUT2D eigenvalue weighted by molar-refractivity contribution is 0.598. The molecule has 4 rings (SSSR count). The van der Waals surface area contributed by atoms with Crippen molar-refractivity contribution in [1.29, 1.82) is 0 Å². The number of fused-ring (bicyclic) bond motifs is 1. The van der Waals surface area contributed by atoms with E-state index in [1.54, 1.807) is 12.1 Å². The summed E-state index contributed by atoms with van der Waals surface area (Å²) in [6.45, 7) is 0. The molecule has 8 heteroatoms. The summed E-state index contributed by atoms with van der Waals surface area (Å²) in [4.78, 5) is 4.74. The molecule has 0 aliphatic rings. The molecule has 0 saturated carbocycles. The van der Waals surface area contributed by atoms with Gasteiger partial charge < -0.3 is 0 Å². The maximum atomic E-state index is 12.9. The van der Waals surface area contributed by atoms with Crippen molar-refractivity contribution < 1.29 is 8.42 Å². The molecule has 0 amide bonds. The first kappa shape index (κ1) is 19.3. The highest BCUT2D eigenvalue weighted by Crippen LogP contribution is 2.32. The van der Waals surface area contributed by atoms with E-state index in [9.17, 15) is 8.42 Å². The van der Waals surface area contributed by atoms with Crippen molar-refractivity contribution in [2.45, 2.75) is 9.24 Å². The zero-order chi connectivity index (χ0) is 19.6. The van der Waals surface area contributed by atoms with Gasteiger partial charge in [-0.2, -0.15) is 12.8 Å². The summed E-state index contributed by atoms with van der Waals surface area (Å²) in [6.07, 6.45) is 0. The second-order valence-electron chi connectivity index (χ2n) is 5.74. The summed E-state index contributed by atoms with van der Waals surface area (Å²) in [5.74, 6) is 0. The second-order valence-corrected chi connectivity index (χ2v) is 10.5. The van der Waals surface area contributed by atoms with Gasteiger partial charge in [0.25, 0.3) is 10.0 Å². The second kappa shape index (κ2) is 8.16. The van der Waals surface area contributed by atoms with Crippen LogP contribution in [0.2, 0.25) is 0 Å². The van der Waals surface area contributed by atoms with E-state index in [0.717, 1.165) is 24.6 Å². The van der Waals surface area contributed by atoms with Crippen LogP contribution in [0.15, 0.2) is 97.0 Å². The van der Waals surface area contributed by atoms with E-state index in [-0.39, 0.29) is 4.90 Å². The number of halogens is 1. The average Bonchev–Trinajstić information content (AvgIpc) is 3.11. The fraction of sp³-hybridized carbons (Fsp3) is 0. The monoisotopic (exact) mass is 488 g/mol. The normalized spacial score (nSPS) is 12.4.